The van der Waals surface area contributed by atoms with Gasteiger partial charge in [-0.05, 0) is 45.8 Å². The largest absolute Gasteiger partial charge is 0.351 e. The van der Waals surface area contributed by atoms with Crippen LogP contribution in [0.25, 0.3) is 11.6 Å². The van der Waals surface area contributed by atoms with Crippen LogP contribution in [-0.4, -0.2) is 38.4 Å². The van der Waals surface area contributed by atoms with Crippen molar-refractivity contribution in [1.29, 1.82) is 0 Å². The molecular formula is C18H25N3O2S. The second-order valence-corrected chi connectivity index (χ2v) is 6.13. The molecule has 6 heteroatoms. The number of nitrogens with zero attached hydrogens (tertiary/aromatic N) is 1. The normalized spacial score (nSPS) is 11.5. The molecule has 0 bridgehead atoms. The van der Waals surface area contributed by atoms with Gasteiger partial charge in [-0.25, -0.2) is 4.79 Å². The third kappa shape index (κ3) is 8.87. The highest BCUT2D eigenvalue weighted by Crippen LogP contribution is 2.33. The van der Waals surface area contributed by atoms with Crippen molar-refractivity contribution in [3.63, 3.8) is 0 Å². The number of nitrogens with one attached hydrogen (secondary N) is 1. The van der Waals surface area contributed by atoms with Gasteiger partial charge in [-0.1, -0.05) is 37.0 Å². The van der Waals surface area contributed by atoms with Crippen molar-refractivity contribution < 1.29 is 9.59 Å². The van der Waals surface area contributed by atoms with Crippen LogP contribution in [0.2, 0.25) is 0 Å². The molecule has 0 saturated carbocycles. The molecule has 0 unspecified atom stereocenters. The van der Waals surface area contributed by atoms with Crippen molar-refractivity contribution in [1.82, 2.24) is 4.90 Å². The molecule has 5 nitrogen and oxygen atoms in total. The van der Waals surface area contributed by atoms with Crippen molar-refractivity contribution >= 4 is 40.3 Å². The van der Waals surface area contributed by atoms with E-state index in [1.807, 2.05) is 63.3 Å². The number of thiophene rings is 1. The fourth-order valence-corrected chi connectivity index (χ4v) is 2.54. The molecule has 1 heterocycles. The predicted octanol–water partition coefficient (Wildman–Crippen LogP) is 3.77. The van der Waals surface area contributed by atoms with Gasteiger partial charge in [0.15, 0.2) is 0 Å². The van der Waals surface area contributed by atoms with Crippen LogP contribution in [0, 0.1) is 0 Å². The minimum Gasteiger partial charge on any atom is -0.351 e. The van der Waals surface area contributed by atoms with Crippen LogP contribution in [0.3, 0.4) is 0 Å². The van der Waals surface area contributed by atoms with Gasteiger partial charge in [0.05, 0.1) is 0 Å². The number of hydrogen-bond acceptors (Lipinski definition) is 4. The molecule has 0 aliphatic rings. The number of primary amides is 1. The molecule has 0 saturated heterocycles. The Labute approximate surface area is 147 Å². The number of carbonyl (C=O) groups excluding carboxylic acids is 2. The summed E-state index contributed by atoms with van der Waals surface area (Å²) in [5.41, 5.74) is 6.64. The smallest absolute Gasteiger partial charge is 0.317 e. The number of rotatable bonds is 6. The zero-order chi connectivity index (χ0) is 18.5. The monoisotopic (exact) mass is 347 g/mol. The highest BCUT2D eigenvalue weighted by molar-refractivity contribution is 7.17. The van der Waals surface area contributed by atoms with E-state index in [-0.39, 0.29) is 0 Å². The summed E-state index contributed by atoms with van der Waals surface area (Å²) in [5.74, 6) is 0. The summed E-state index contributed by atoms with van der Waals surface area (Å²) in [5, 5.41) is 3.15. The highest BCUT2D eigenvalue weighted by Gasteiger charge is 2.10. The van der Waals surface area contributed by atoms with Crippen LogP contribution in [0.15, 0.2) is 43.0 Å². The van der Waals surface area contributed by atoms with Crippen LogP contribution in [-0.2, 0) is 4.79 Å². The molecule has 24 heavy (non-hydrogen) atoms. The van der Waals surface area contributed by atoms with Gasteiger partial charge in [0.1, 0.15) is 11.3 Å². The number of urea groups is 1. The fraction of sp³-hybridized carbons (Fsp3) is 0.222. The zero-order valence-electron chi connectivity index (χ0n) is 14.6. The molecule has 0 radical (unpaired) electrons. The van der Waals surface area contributed by atoms with Gasteiger partial charge < -0.3 is 10.6 Å². The molecule has 2 amide bonds. The molecule has 0 aromatic carbocycles. The molecule has 1 aromatic rings. The second kappa shape index (κ2) is 12.0. The highest BCUT2D eigenvalue weighted by atomic mass is 32.1. The number of aldehydes is 1. The first-order chi connectivity index (χ1) is 11.3. The van der Waals surface area contributed by atoms with Crippen molar-refractivity contribution in [3.8, 4) is 0 Å². The Hall–Kier alpha value is -2.44. The average molecular weight is 347 g/mol. The van der Waals surface area contributed by atoms with Gasteiger partial charge in [-0.15, -0.1) is 11.3 Å². The maximum Gasteiger partial charge on any atom is 0.317 e. The topological polar surface area (TPSA) is 75.4 Å². The fourth-order valence-electron chi connectivity index (χ4n) is 1.47. The molecule has 0 spiro atoms. The van der Waals surface area contributed by atoms with Gasteiger partial charge in [0.2, 0.25) is 0 Å². The summed E-state index contributed by atoms with van der Waals surface area (Å²) >= 11 is 1.33. The van der Waals surface area contributed by atoms with E-state index in [9.17, 15) is 9.59 Å². The number of nitrogens with two attached hydrogens (primary N) is 1. The lowest BCUT2D eigenvalue weighted by Gasteiger charge is -1.98. The Morgan fingerprint density at radius 2 is 1.96 bits per heavy atom. The minimum atomic E-state index is -0.633. The van der Waals surface area contributed by atoms with E-state index in [1.54, 1.807) is 6.08 Å². The lowest BCUT2D eigenvalue weighted by molar-refractivity contribution is -0.104. The van der Waals surface area contributed by atoms with Crippen LogP contribution < -0.4 is 11.1 Å². The van der Waals surface area contributed by atoms with Crippen LogP contribution in [0.1, 0.15) is 17.4 Å². The van der Waals surface area contributed by atoms with Gasteiger partial charge in [-0.2, -0.15) is 0 Å². The lowest BCUT2D eigenvalue weighted by Crippen LogP contribution is -2.18. The van der Waals surface area contributed by atoms with Crippen molar-refractivity contribution in [2.75, 3.05) is 26.5 Å². The molecular weight excluding hydrogens is 322 g/mol. The van der Waals surface area contributed by atoms with E-state index in [0.717, 1.165) is 22.3 Å². The van der Waals surface area contributed by atoms with E-state index < -0.39 is 6.03 Å². The maximum absolute atomic E-state index is 10.9. The van der Waals surface area contributed by atoms with Gasteiger partial charge >= 0.3 is 6.03 Å². The van der Waals surface area contributed by atoms with Crippen molar-refractivity contribution in [3.05, 3.63) is 53.5 Å². The summed E-state index contributed by atoms with van der Waals surface area (Å²) in [6.45, 7) is 5.60. The molecule has 1 aromatic heterocycles. The molecule has 130 valence electrons. The summed E-state index contributed by atoms with van der Waals surface area (Å²) in [4.78, 5) is 24.5. The van der Waals surface area contributed by atoms with Gasteiger partial charge in [0, 0.05) is 10.4 Å². The van der Waals surface area contributed by atoms with Crippen molar-refractivity contribution in [2.24, 2.45) is 5.73 Å². The number of carbonyl (C=O) groups is 2. The standard InChI is InChI=1S/C15H16N2O2S.C3H9N/c1-3-5-6-7-12(8-9-18)13-10-11(4-2)14(20-13)17-15(16)19;1-4(2)3/h3-10H,2H2,1H3,(H3,16,17,19);1-3H3/b5-3-,7-6-,12-8-;. The Kier molecular flexibility index (Phi) is 10.8. The Bertz CT molecular complexity index is 638. The first-order valence-corrected chi connectivity index (χ1v) is 8.06. The van der Waals surface area contributed by atoms with E-state index in [0.29, 0.717) is 5.00 Å². The molecule has 0 aliphatic carbocycles. The van der Waals surface area contributed by atoms with Crippen molar-refractivity contribution in [2.45, 2.75) is 6.92 Å². The third-order valence-electron chi connectivity index (χ3n) is 2.33. The quantitative estimate of drug-likeness (QED) is 0.467. The summed E-state index contributed by atoms with van der Waals surface area (Å²) < 4.78 is 0. The molecule has 3 N–H and O–H groups in total. The van der Waals surface area contributed by atoms with Gasteiger partial charge in [0.25, 0.3) is 0 Å². The van der Waals surface area contributed by atoms with E-state index in [1.165, 1.54) is 17.4 Å². The van der Waals surface area contributed by atoms with Crippen LogP contribution in [0.5, 0.6) is 0 Å². The molecule has 0 aliphatic heterocycles. The molecule has 0 atom stereocenters. The maximum atomic E-state index is 10.9. The summed E-state index contributed by atoms with van der Waals surface area (Å²) in [6.07, 6.45) is 11.2. The Balaban J connectivity index is 0.00000118. The van der Waals surface area contributed by atoms with Crippen LogP contribution in [0.4, 0.5) is 9.80 Å². The average Bonchev–Trinajstić information content (AvgIpc) is 2.88. The van der Waals surface area contributed by atoms with E-state index >= 15 is 0 Å². The molecule has 1 rings (SSSR count). The Morgan fingerprint density at radius 1 is 1.33 bits per heavy atom. The van der Waals surface area contributed by atoms with E-state index in [4.69, 9.17) is 5.73 Å². The Morgan fingerprint density at radius 3 is 2.42 bits per heavy atom. The third-order valence-corrected chi connectivity index (χ3v) is 3.44. The first kappa shape index (κ1) is 21.6. The number of hydrogen-bond donors (Lipinski definition) is 2. The minimum absolute atomic E-state index is 0.610. The van der Waals surface area contributed by atoms with E-state index in [2.05, 4.69) is 11.9 Å². The second-order valence-electron chi connectivity index (χ2n) is 5.07. The van der Waals surface area contributed by atoms with Gasteiger partial charge in [-0.3, -0.25) is 10.1 Å². The SMILES string of the molecule is C=Cc1cc(C(/C=C\C=C/C)=C\C=O)sc1NC(N)=O.CN(C)C. The molecule has 0 fully saturated rings. The summed E-state index contributed by atoms with van der Waals surface area (Å²) in [6, 6.07) is 1.21. The lowest BCUT2D eigenvalue weighted by atomic mass is 10.1. The van der Waals surface area contributed by atoms with Crippen LogP contribution >= 0.6 is 11.3 Å². The zero-order valence-corrected chi connectivity index (χ0v) is 15.4. The number of amides is 2. The summed E-state index contributed by atoms with van der Waals surface area (Å²) in [7, 11) is 6.00. The first-order valence-electron chi connectivity index (χ1n) is 7.24. The predicted molar refractivity (Wildman–Crippen MR) is 105 cm³/mol. The number of anilines is 1. The number of allylic oxidation sites excluding steroid dienone is 6.